The molecule has 2 N–H and O–H groups in total. The smallest absolute Gasteiger partial charge is 0.241 e. The number of hydrogen-bond acceptors (Lipinski definition) is 3. The van der Waals surface area contributed by atoms with Crippen LogP contribution in [0.3, 0.4) is 0 Å². The van der Waals surface area contributed by atoms with Gasteiger partial charge >= 0.3 is 0 Å². The standard InChI is InChI=1S/C19H22FN3O2/c1-13(23(3)12-15-7-5-4-6-8-15)19(25)22-16-9-10-17(20)18(11-16)21-14(2)24/h4-11,13H,12H2,1-3H3,(H,21,24)(H,22,25). The summed E-state index contributed by atoms with van der Waals surface area (Å²) < 4.78 is 13.7. The summed E-state index contributed by atoms with van der Waals surface area (Å²) >= 11 is 0. The zero-order valence-corrected chi connectivity index (χ0v) is 14.5. The maximum absolute atomic E-state index is 13.7. The number of benzene rings is 2. The van der Waals surface area contributed by atoms with Gasteiger partial charge in [-0.1, -0.05) is 30.3 Å². The molecule has 2 aromatic carbocycles. The molecule has 0 heterocycles. The Morgan fingerprint density at radius 3 is 2.44 bits per heavy atom. The molecule has 0 aliphatic rings. The van der Waals surface area contributed by atoms with E-state index in [-0.39, 0.29) is 23.5 Å². The third-order valence-electron chi connectivity index (χ3n) is 3.86. The lowest BCUT2D eigenvalue weighted by molar-refractivity contribution is -0.120. The summed E-state index contributed by atoms with van der Waals surface area (Å²) in [7, 11) is 1.87. The average Bonchev–Trinajstić information content (AvgIpc) is 2.57. The van der Waals surface area contributed by atoms with Crippen molar-refractivity contribution < 1.29 is 14.0 Å². The van der Waals surface area contributed by atoms with Crippen molar-refractivity contribution in [3.8, 4) is 0 Å². The summed E-state index contributed by atoms with van der Waals surface area (Å²) in [5.74, 6) is -1.14. The zero-order chi connectivity index (χ0) is 18.4. The maximum atomic E-state index is 13.7. The lowest BCUT2D eigenvalue weighted by Crippen LogP contribution is -2.39. The molecule has 0 bridgehead atoms. The fourth-order valence-electron chi connectivity index (χ4n) is 2.34. The van der Waals surface area contributed by atoms with Gasteiger partial charge in [0.25, 0.3) is 0 Å². The van der Waals surface area contributed by atoms with Crippen molar-refractivity contribution in [2.24, 2.45) is 0 Å². The largest absolute Gasteiger partial charge is 0.325 e. The van der Waals surface area contributed by atoms with Crippen molar-refractivity contribution in [3.63, 3.8) is 0 Å². The van der Waals surface area contributed by atoms with Crippen LogP contribution >= 0.6 is 0 Å². The molecule has 6 heteroatoms. The van der Waals surface area contributed by atoms with E-state index >= 15 is 0 Å². The number of hydrogen-bond donors (Lipinski definition) is 2. The highest BCUT2D eigenvalue weighted by Gasteiger charge is 2.18. The van der Waals surface area contributed by atoms with Crippen LogP contribution in [0.15, 0.2) is 48.5 Å². The van der Waals surface area contributed by atoms with E-state index in [0.717, 1.165) is 5.56 Å². The molecular weight excluding hydrogens is 321 g/mol. The molecule has 0 aliphatic carbocycles. The van der Waals surface area contributed by atoms with Crippen LogP contribution in [0.25, 0.3) is 0 Å². The fraction of sp³-hybridized carbons (Fsp3) is 0.263. The quantitative estimate of drug-likeness (QED) is 0.846. The first-order valence-corrected chi connectivity index (χ1v) is 7.99. The molecule has 5 nitrogen and oxygen atoms in total. The van der Waals surface area contributed by atoms with Gasteiger partial charge in [0, 0.05) is 19.2 Å². The van der Waals surface area contributed by atoms with E-state index in [1.165, 1.54) is 25.1 Å². The molecule has 25 heavy (non-hydrogen) atoms. The van der Waals surface area contributed by atoms with Crippen molar-refractivity contribution in [1.29, 1.82) is 0 Å². The average molecular weight is 343 g/mol. The monoisotopic (exact) mass is 343 g/mol. The molecule has 0 spiro atoms. The van der Waals surface area contributed by atoms with Gasteiger partial charge in [-0.15, -0.1) is 0 Å². The second kappa shape index (κ2) is 8.39. The van der Waals surface area contributed by atoms with Crippen LogP contribution < -0.4 is 10.6 Å². The third kappa shape index (κ3) is 5.39. The number of rotatable bonds is 6. The van der Waals surface area contributed by atoms with Gasteiger partial charge < -0.3 is 10.6 Å². The minimum Gasteiger partial charge on any atom is -0.325 e. The second-order valence-corrected chi connectivity index (χ2v) is 5.94. The number of amides is 2. The highest BCUT2D eigenvalue weighted by atomic mass is 19.1. The summed E-state index contributed by atoms with van der Waals surface area (Å²) in [6.45, 7) is 3.73. The zero-order valence-electron chi connectivity index (χ0n) is 14.5. The van der Waals surface area contributed by atoms with Crippen LogP contribution in [0.4, 0.5) is 15.8 Å². The normalized spacial score (nSPS) is 11.9. The Hall–Kier alpha value is -2.73. The molecule has 2 amide bonds. The van der Waals surface area contributed by atoms with Crippen molar-refractivity contribution in [1.82, 2.24) is 4.90 Å². The molecule has 0 fully saturated rings. The first kappa shape index (κ1) is 18.6. The van der Waals surface area contributed by atoms with Gasteiger partial charge in [0.1, 0.15) is 5.82 Å². The number of nitrogens with one attached hydrogen (secondary N) is 2. The Morgan fingerprint density at radius 1 is 1.12 bits per heavy atom. The first-order chi connectivity index (χ1) is 11.9. The van der Waals surface area contributed by atoms with Crippen LogP contribution in [-0.4, -0.2) is 29.8 Å². The molecule has 0 aliphatic heterocycles. The molecule has 2 aromatic rings. The van der Waals surface area contributed by atoms with Crippen molar-refractivity contribution in [3.05, 3.63) is 59.9 Å². The highest BCUT2D eigenvalue weighted by Crippen LogP contribution is 2.20. The van der Waals surface area contributed by atoms with Gasteiger partial charge in [0.15, 0.2) is 0 Å². The number of carbonyl (C=O) groups excluding carboxylic acids is 2. The van der Waals surface area contributed by atoms with Crippen LogP contribution in [0, 0.1) is 5.82 Å². The van der Waals surface area contributed by atoms with Crippen LogP contribution in [0.2, 0.25) is 0 Å². The molecule has 1 atom stereocenters. The van der Waals surface area contributed by atoms with Crippen molar-refractivity contribution in [2.75, 3.05) is 17.7 Å². The van der Waals surface area contributed by atoms with E-state index in [9.17, 15) is 14.0 Å². The highest BCUT2D eigenvalue weighted by molar-refractivity contribution is 5.96. The first-order valence-electron chi connectivity index (χ1n) is 7.99. The summed E-state index contributed by atoms with van der Waals surface area (Å²) in [6, 6.07) is 13.5. The SMILES string of the molecule is CC(=O)Nc1cc(NC(=O)C(C)N(C)Cc2ccccc2)ccc1F. The molecule has 0 radical (unpaired) electrons. The number of likely N-dealkylation sites (N-methyl/N-ethyl adjacent to an activating group) is 1. The Balaban J connectivity index is 2.02. The summed E-state index contributed by atoms with van der Waals surface area (Å²) in [5.41, 5.74) is 1.57. The summed E-state index contributed by atoms with van der Waals surface area (Å²) in [6.07, 6.45) is 0. The summed E-state index contributed by atoms with van der Waals surface area (Å²) in [5, 5.41) is 5.15. The van der Waals surface area contributed by atoms with Gasteiger partial charge in [-0.3, -0.25) is 14.5 Å². The van der Waals surface area contributed by atoms with Crippen LogP contribution in [-0.2, 0) is 16.1 Å². The minimum atomic E-state index is -0.553. The Bertz CT molecular complexity index is 750. The van der Waals surface area contributed by atoms with Gasteiger partial charge in [-0.25, -0.2) is 4.39 Å². The molecule has 1 unspecified atom stereocenters. The fourth-order valence-corrected chi connectivity index (χ4v) is 2.34. The second-order valence-electron chi connectivity index (χ2n) is 5.94. The number of nitrogens with zero attached hydrogens (tertiary/aromatic N) is 1. The molecule has 0 saturated heterocycles. The number of halogens is 1. The molecular formula is C19H22FN3O2. The molecule has 132 valence electrons. The Morgan fingerprint density at radius 2 is 1.80 bits per heavy atom. The Labute approximate surface area is 146 Å². The van der Waals surface area contributed by atoms with Crippen LogP contribution in [0.1, 0.15) is 19.4 Å². The van der Waals surface area contributed by atoms with E-state index < -0.39 is 5.82 Å². The maximum Gasteiger partial charge on any atom is 0.241 e. The third-order valence-corrected chi connectivity index (χ3v) is 3.86. The van der Waals surface area contributed by atoms with Gasteiger partial charge in [-0.05, 0) is 37.7 Å². The van der Waals surface area contributed by atoms with Crippen molar-refractivity contribution in [2.45, 2.75) is 26.4 Å². The molecule has 0 aromatic heterocycles. The summed E-state index contributed by atoms with van der Waals surface area (Å²) in [4.78, 5) is 25.4. The van der Waals surface area contributed by atoms with Gasteiger partial charge in [0.05, 0.1) is 11.7 Å². The van der Waals surface area contributed by atoms with Crippen LogP contribution in [0.5, 0.6) is 0 Å². The lowest BCUT2D eigenvalue weighted by atomic mass is 10.2. The predicted molar refractivity (Wildman–Crippen MR) is 96.7 cm³/mol. The topological polar surface area (TPSA) is 61.4 Å². The van der Waals surface area contributed by atoms with E-state index in [2.05, 4.69) is 10.6 Å². The van der Waals surface area contributed by atoms with E-state index in [1.54, 1.807) is 6.92 Å². The molecule has 0 saturated carbocycles. The van der Waals surface area contributed by atoms with E-state index in [4.69, 9.17) is 0 Å². The number of carbonyl (C=O) groups is 2. The Kier molecular flexibility index (Phi) is 6.25. The van der Waals surface area contributed by atoms with Gasteiger partial charge in [-0.2, -0.15) is 0 Å². The van der Waals surface area contributed by atoms with Crippen molar-refractivity contribution >= 4 is 23.2 Å². The van der Waals surface area contributed by atoms with E-state index in [1.807, 2.05) is 42.3 Å². The number of anilines is 2. The lowest BCUT2D eigenvalue weighted by Gasteiger charge is -2.24. The molecule has 2 rings (SSSR count). The van der Waals surface area contributed by atoms with Gasteiger partial charge in [0.2, 0.25) is 11.8 Å². The minimum absolute atomic E-state index is 0.0376. The predicted octanol–water partition coefficient (Wildman–Crippen LogP) is 3.24. The van der Waals surface area contributed by atoms with E-state index in [0.29, 0.717) is 12.2 Å².